The van der Waals surface area contributed by atoms with Crippen molar-refractivity contribution in [2.24, 2.45) is 0 Å². The molecule has 0 bridgehead atoms. The summed E-state index contributed by atoms with van der Waals surface area (Å²) in [7, 11) is 0. The molecule has 0 aliphatic heterocycles. The first-order valence-corrected chi connectivity index (χ1v) is 5.05. The zero-order valence-corrected chi connectivity index (χ0v) is 8.88. The van der Waals surface area contributed by atoms with Crippen LogP contribution in [-0.2, 0) is 0 Å². The van der Waals surface area contributed by atoms with Gasteiger partial charge in [0.25, 0.3) is 5.56 Å². The molecule has 0 saturated carbocycles. The lowest BCUT2D eigenvalue weighted by molar-refractivity contribution is 0.594. The van der Waals surface area contributed by atoms with Crippen molar-refractivity contribution in [3.8, 4) is 0 Å². The summed E-state index contributed by atoms with van der Waals surface area (Å²) in [5.74, 6) is 0. The third-order valence-corrected chi connectivity index (χ3v) is 2.55. The van der Waals surface area contributed by atoms with Crippen LogP contribution in [0.1, 0.15) is 18.5 Å². The molecular weight excluding hydrogens is 204 g/mol. The first-order valence-electron chi connectivity index (χ1n) is 5.05. The Morgan fingerprint density at radius 2 is 1.81 bits per heavy atom. The van der Waals surface area contributed by atoms with Gasteiger partial charge in [-0.1, -0.05) is 30.3 Å². The van der Waals surface area contributed by atoms with Crippen molar-refractivity contribution in [2.45, 2.75) is 13.0 Å². The highest BCUT2D eigenvalue weighted by Crippen LogP contribution is 2.14. The Morgan fingerprint density at radius 3 is 2.44 bits per heavy atom. The number of H-pyrrole nitrogens is 1. The van der Waals surface area contributed by atoms with E-state index >= 15 is 0 Å². The molecule has 82 valence electrons. The number of nitrogens with zero attached hydrogens (tertiary/aromatic N) is 1. The van der Waals surface area contributed by atoms with E-state index in [1.165, 1.54) is 16.8 Å². The molecule has 0 aliphatic rings. The molecule has 0 amide bonds. The molecule has 1 aromatic carbocycles. The van der Waals surface area contributed by atoms with E-state index in [4.69, 9.17) is 0 Å². The van der Waals surface area contributed by atoms with E-state index in [1.807, 2.05) is 37.3 Å². The fourth-order valence-corrected chi connectivity index (χ4v) is 1.62. The standard InChI is InChI=1S/C12H12N2O2/c1-9(10-5-3-2-4-6-10)14-8-7-11(15)13-12(14)16/h2-9H,1H3,(H,13,15,16). The van der Waals surface area contributed by atoms with Gasteiger partial charge in [-0.05, 0) is 12.5 Å². The highest BCUT2D eigenvalue weighted by atomic mass is 16.2. The van der Waals surface area contributed by atoms with Crippen molar-refractivity contribution in [3.05, 3.63) is 69.0 Å². The van der Waals surface area contributed by atoms with Crippen molar-refractivity contribution < 1.29 is 0 Å². The molecule has 2 aromatic rings. The molecular formula is C12H12N2O2. The molecule has 16 heavy (non-hydrogen) atoms. The van der Waals surface area contributed by atoms with E-state index in [1.54, 1.807) is 0 Å². The molecule has 0 spiro atoms. The van der Waals surface area contributed by atoms with Crippen molar-refractivity contribution in [1.82, 2.24) is 9.55 Å². The van der Waals surface area contributed by atoms with Gasteiger partial charge in [0.05, 0.1) is 6.04 Å². The highest BCUT2D eigenvalue weighted by Gasteiger charge is 2.08. The highest BCUT2D eigenvalue weighted by molar-refractivity contribution is 5.19. The van der Waals surface area contributed by atoms with Crippen LogP contribution < -0.4 is 11.2 Å². The van der Waals surface area contributed by atoms with E-state index in [0.717, 1.165) is 5.56 Å². The minimum Gasteiger partial charge on any atom is -0.293 e. The molecule has 1 atom stereocenters. The van der Waals surface area contributed by atoms with Gasteiger partial charge in [-0.3, -0.25) is 14.3 Å². The van der Waals surface area contributed by atoms with Crippen molar-refractivity contribution >= 4 is 0 Å². The van der Waals surface area contributed by atoms with Crippen molar-refractivity contribution in [3.63, 3.8) is 0 Å². The topological polar surface area (TPSA) is 54.9 Å². The zero-order valence-electron chi connectivity index (χ0n) is 8.88. The van der Waals surface area contributed by atoms with E-state index < -0.39 is 0 Å². The summed E-state index contributed by atoms with van der Waals surface area (Å²) >= 11 is 0. The average molecular weight is 216 g/mol. The van der Waals surface area contributed by atoms with Crippen LogP contribution in [0.25, 0.3) is 0 Å². The van der Waals surface area contributed by atoms with Crippen LogP contribution in [0.4, 0.5) is 0 Å². The zero-order chi connectivity index (χ0) is 11.5. The lowest BCUT2D eigenvalue weighted by atomic mass is 10.1. The van der Waals surface area contributed by atoms with Gasteiger partial charge < -0.3 is 0 Å². The minimum absolute atomic E-state index is 0.0921. The van der Waals surface area contributed by atoms with Gasteiger partial charge in [0.2, 0.25) is 0 Å². The summed E-state index contributed by atoms with van der Waals surface area (Å²) in [6.45, 7) is 1.91. The lowest BCUT2D eigenvalue weighted by Crippen LogP contribution is -2.30. The van der Waals surface area contributed by atoms with E-state index in [-0.39, 0.29) is 17.3 Å². The fraction of sp³-hybridized carbons (Fsp3) is 0.167. The maximum Gasteiger partial charge on any atom is 0.328 e. The van der Waals surface area contributed by atoms with Crippen LogP contribution in [0.2, 0.25) is 0 Å². The Labute approximate surface area is 92.2 Å². The van der Waals surface area contributed by atoms with Crippen LogP contribution >= 0.6 is 0 Å². The number of aromatic amines is 1. The van der Waals surface area contributed by atoms with Crippen LogP contribution in [0.5, 0.6) is 0 Å². The number of hydrogen-bond donors (Lipinski definition) is 1. The largest absolute Gasteiger partial charge is 0.328 e. The van der Waals surface area contributed by atoms with Gasteiger partial charge in [-0.2, -0.15) is 0 Å². The first-order chi connectivity index (χ1) is 7.68. The van der Waals surface area contributed by atoms with Crippen molar-refractivity contribution in [1.29, 1.82) is 0 Å². The van der Waals surface area contributed by atoms with Crippen LogP contribution in [0.3, 0.4) is 0 Å². The molecule has 1 unspecified atom stereocenters. The predicted molar refractivity (Wildman–Crippen MR) is 61.6 cm³/mol. The second-order valence-corrected chi connectivity index (χ2v) is 3.60. The Morgan fingerprint density at radius 1 is 1.12 bits per heavy atom. The Hall–Kier alpha value is -2.10. The van der Waals surface area contributed by atoms with Crippen LogP contribution in [0, 0.1) is 0 Å². The minimum atomic E-state index is -0.385. The molecule has 1 N–H and O–H groups in total. The Kier molecular flexibility index (Phi) is 2.72. The quantitative estimate of drug-likeness (QED) is 0.818. The number of benzene rings is 1. The van der Waals surface area contributed by atoms with Crippen molar-refractivity contribution in [2.75, 3.05) is 0 Å². The van der Waals surface area contributed by atoms with Crippen LogP contribution in [-0.4, -0.2) is 9.55 Å². The van der Waals surface area contributed by atoms with Gasteiger partial charge in [0.15, 0.2) is 0 Å². The molecule has 4 heteroatoms. The summed E-state index contributed by atoms with van der Waals surface area (Å²) in [4.78, 5) is 24.7. The van der Waals surface area contributed by atoms with Gasteiger partial charge in [-0.25, -0.2) is 4.79 Å². The summed E-state index contributed by atoms with van der Waals surface area (Å²) in [6, 6.07) is 10.9. The van der Waals surface area contributed by atoms with Gasteiger partial charge in [0.1, 0.15) is 0 Å². The molecule has 0 fully saturated rings. The number of rotatable bonds is 2. The van der Waals surface area contributed by atoms with E-state index in [9.17, 15) is 9.59 Å². The third-order valence-electron chi connectivity index (χ3n) is 2.55. The molecule has 0 aliphatic carbocycles. The van der Waals surface area contributed by atoms with Gasteiger partial charge in [0, 0.05) is 12.3 Å². The summed E-state index contributed by atoms with van der Waals surface area (Å²) in [5.41, 5.74) is 0.266. The smallest absolute Gasteiger partial charge is 0.293 e. The average Bonchev–Trinajstić information content (AvgIpc) is 2.29. The number of nitrogens with one attached hydrogen (secondary N) is 1. The summed E-state index contributed by atoms with van der Waals surface area (Å²) < 4.78 is 1.50. The second-order valence-electron chi connectivity index (χ2n) is 3.60. The van der Waals surface area contributed by atoms with E-state index in [0.29, 0.717) is 0 Å². The fourth-order valence-electron chi connectivity index (χ4n) is 1.62. The molecule has 2 rings (SSSR count). The monoisotopic (exact) mass is 216 g/mol. The Balaban J connectivity index is 2.46. The van der Waals surface area contributed by atoms with Gasteiger partial charge >= 0.3 is 5.69 Å². The Bertz CT molecular complexity index is 584. The molecule has 1 heterocycles. The lowest BCUT2D eigenvalue weighted by Gasteiger charge is -2.14. The van der Waals surface area contributed by atoms with E-state index in [2.05, 4.69) is 4.98 Å². The maximum absolute atomic E-state index is 11.6. The molecule has 0 saturated heterocycles. The molecule has 4 nitrogen and oxygen atoms in total. The third kappa shape index (κ3) is 1.95. The van der Waals surface area contributed by atoms with Gasteiger partial charge in [-0.15, -0.1) is 0 Å². The predicted octanol–water partition coefficient (Wildman–Crippen LogP) is 1.15. The number of aromatic nitrogens is 2. The number of hydrogen-bond acceptors (Lipinski definition) is 2. The SMILES string of the molecule is CC(c1ccccc1)n1ccc(=O)[nH]c1=O. The maximum atomic E-state index is 11.6. The second kappa shape index (κ2) is 4.18. The molecule has 1 aromatic heterocycles. The summed E-state index contributed by atoms with van der Waals surface area (Å²) in [5, 5.41) is 0. The summed E-state index contributed by atoms with van der Waals surface area (Å²) in [6.07, 6.45) is 1.51. The van der Waals surface area contributed by atoms with Crippen LogP contribution in [0.15, 0.2) is 52.2 Å². The normalized spacial score (nSPS) is 12.3. The first kappa shape index (κ1) is 10.4. The molecule has 0 radical (unpaired) electrons.